The van der Waals surface area contributed by atoms with E-state index in [-0.39, 0.29) is 18.0 Å². The van der Waals surface area contributed by atoms with E-state index in [4.69, 9.17) is 9.47 Å². The first-order valence-electron chi connectivity index (χ1n) is 8.24. The monoisotopic (exact) mass is 363 g/mol. The Morgan fingerprint density at radius 2 is 2.04 bits per heavy atom. The van der Waals surface area contributed by atoms with Crippen LogP contribution in [0.15, 0.2) is 29.6 Å². The minimum absolute atomic E-state index is 0.214. The molecular formula is C19H22FNO3S. The molecule has 0 saturated carbocycles. The summed E-state index contributed by atoms with van der Waals surface area (Å²) in [6.07, 6.45) is -0.578. The highest BCUT2D eigenvalue weighted by atomic mass is 32.1. The van der Waals surface area contributed by atoms with E-state index in [2.05, 4.69) is 0 Å². The van der Waals surface area contributed by atoms with Gasteiger partial charge in [-0.3, -0.25) is 4.90 Å². The van der Waals surface area contributed by atoms with Crippen molar-refractivity contribution in [3.05, 3.63) is 40.3 Å². The molecule has 3 rings (SSSR count). The van der Waals surface area contributed by atoms with Gasteiger partial charge in [-0.1, -0.05) is 18.2 Å². The van der Waals surface area contributed by atoms with E-state index >= 15 is 0 Å². The molecule has 1 aromatic carbocycles. The third kappa shape index (κ3) is 3.95. The predicted octanol–water partition coefficient (Wildman–Crippen LogP) is 5.07. The Bertz CT molecular complexity index is 781. The van der Waals surface area contributed by atoms with Crippen molar-refractivity contribution in [1.82, 2.24) is 4.90 Å². The average molecular weight is 363 g/mol. The van der Waals surface area contributed by atoms with E-state index in [9.17, 15) is 9.18 Å². The standard InChI is InChI=1S/C19H22FNO3S/c1-12-9-21(18(22)24-19(2,3)4)10-16-17(23-12)14(11-25-16)13-7-5-6-8-15(13)20/h5-8,11-12H,9-10H2,1-4H3/t12-/m0/s1. The number of hydrogen-bond donors (Lipinski definition) is 0. The molecule has 25 heavy (non-hydrogen) atoms. The third-order valence-corrected chi connectivity index (χ3v) is 4.72. The van der Waals surface area contributed by atoms with Crippen LogP contribution in [-0.2, 0) is 11.3 Å². The van der Waals surface area contributed by atoms with Crippen molar-refractivity contribution in [1.29, 1.82) is 0 Å². The van der Waals surface area contributed by atoms with Gasteiger partial charge < -0.3 is 9.47 Å². The van der Waals surface area contributed by atoms with Crippen LogP contribution < -0.4 is 4.74 Å². The molecule has 4 nitrogen and oxygen atoms in total. The maximum Gasteiger partial charge on any atom is 0.410 e. The molecule has 1 aromatic heterocycles. The number of nitrogens with zero attached hydrogens (tertiary/aromatic N) is 1. The van der Waals surface area contributed by atoms with Gasteiger partial charge in [0, 0.05) is 16.5 Å². The number of halogens is 1. The van der Waals surface area contributed by atoms with Crippen molar-refractivity contribution < 1.29 is 18.7 Å². The summed E-state index contributed by atoms with van der Waals surface area (Å²) in [4.78, 5) is 15.0. The van der Waals surface area contributed by atoms with Gasteiger partial charge in [-0.2, -0.15) is 0 Å². The summed E-state index contributed by atoms with van der Waals surface area (Å²) in [5.74, 6) is 0.376. The summed E-state index contributed by atoms with van der Waals surface area (Å²) in [5, 5.41) is 1.88. The molecule has 0 bridgehead atoms. The zero-order valence-corrected chi connectivity index (χ0v) is 15.7. The number of fused-ring (bicyclic) bond motifs is 1. The molecule has 1 amide bonds. The van der Waals surface area contributed by atoms with Crippen LogP contribution in [0.4, 0.5) is 9.18 Å². The van der Waals surface area contributed by atoms with Crippen molar-refractivity contribution in [2.45, 2.75) is 45.9 Å². The number of hydrogen-bond acceptors (Lipinski definition) is 4. The molecule has 0 radical (unpaired) electrons. The lowest BCUT2D eigenvalue weighted by Gasteiger charge is -2.27. The summed E-state index contributed by atoms with van der Waals surface area (Å²) < 4.78 is 25.7. The van der Waals surface area contributed by atoms with Gasteiger partial charge in [0.05, 0.1) is 18.0 Å². The minimum atomic E-state index is -0.551. The summed E-state index contributed by atoms with van der Waals surface area (Å²) in [6.45, 7) is 8.25. The molecule has 0 N–H and O–H groups in total. The molecule has 0 spiro atoms. The van der Waals surface area contributed by atoms with Crippen LogP contribution in [0.25, 0.3) is 11.1 Å². The fraction of sp³-hybridized carbons (Fsp3) is 0.421. The zero-order valence-electron chi connectivity index (χ0n) is 14.8. The van der Waals surface area contributed by atoms with Gasteiger partial charge >= 0.3 is 6.09 Å². The lowest BCUT2D eigenvalue weighted by atomic mass is 10.1. The van der Waals surface area contributed by atoms with Crippen LogP contribution in [-0.4, -0.2) is 29.2 Å². The molecular weight excluding hydrogens is 341 g/mol. The van der Waals surface area contributed by atoms with Crippen LogP contribution in [0, 0.1) is 5.82 Å². The van der Waals surface area contributed by atoms with Crippen LogP contribution in [0.3, 0.4) is 0 Å². The molecule has 1 aliphatic rings. The van der Waals surface area contributed by atoms with Gasteiger partial charge in [-0.25, -0.2) is 9.18 Å². The van der Waals surface area contributed by atoms with E-state index in [0.717, 1.165) is 10.4 Å². The second-order valence-electron chi connectivity index (χ2n) is 7.17. The quantitative estimate of drug-likeness (QED) is 0.710. The fourth-order valence-corrected chi connectivity index (χ4v) is 3.73. The Hall–Kier alpha value is -2.08. The highest BCUT2D eigenvalue weighted by Crippen LogP contribution is 2.42. The van der Waals surface area contributed by atoms with Gasteiger partial charge in [-0.05, 0) is 33.8 Å². The van der Waals surface area contributed by atoms with Crippen molar-refractivity contribution in [3.63, 3.8) is 0 Å². The SMILES string of the molecule is C[C@H]1CN(C(=O)OC(C)(C)C)Cc2scc(-c3ccccc3F)c2O1. The predicted molar refractivity (Wildman–Crippen MR) is 96.4 cm³/mol. The van der Waals surface area contributed by atoms with Crippen molar-refractivity contribution in [2.24, 2.45) is 0 Å². The Kier molecular flexibility index (Phi) is 4.73. The van der Waals surface area contributed by atoms with Crippen molar-refractivity contribution in [2.75, 3.05) is 6.54 Å². The van der Waals surface area contributed by atoms with Gasteiger partial charge in [0.2, 0.25) is 0 Å². The Morgan fingerprint density at radius 1 is 1.32 bits per heavy atom. The average Bonchev–Trinajstić information content (AvgIpc) is 2.79. The lowest BCUT2D eigenvalue weighted by Crippen LogP contribution is -2.39. The van der Waals surface area contributed by atoms with Gasteiger partial charge in [0.15, 0.2) is 0 Å². The van der Waals surface area contributed by atoms with E-state index in [1.165, 1.54) is 17.4 Å². The first kappa shape index (κ1) is 17.7. The Morgan fingerprint density at radius 3 is 2.72 bits per heavy atom. The molecule has 1 aliphatic heterocycles. The summed E-state index contributed by atoms with van der Waals surface area (Å²) in [5.41, 5.74) is 0.693. The number of thiophene rings is 1. The lowest BCUT2D eigenvalue weighted by molar-refractivity contribution is 0.0190. The van der Waals surface area contributed by atoms with Crippen LogP contribution >= 0.6 is 11.3 Å². The largest absolute Gasteiger partial charge is 0.487 e. The molecule has 134 valence electrons. The highest BCUT2D eigenvalue weighted by molar-refractivity contribution is 7.10. The zero-order chi connectivity index (χ0) is 18.2. The molecule has 0 aliphatic carbocycles. The molecule has 6 heteroatoms. The van der Waals surface area contributed by atoms with Crippen LogP contribution in [0.2, 0.25) is 0 Å². The topological polar surface area (TPSA) is 38.8 Å². The van der Waals surface area contributed by atoms with Crippen LogP contribution in [0.1, 0.15) is 32.6 Å². The summed E-state index contributed by atoms with van der Waals surface area (Å²) >= 11 is 1.47. The second-order valence-corrected chi connectivity index (χ2v) is 8.14. The van der Waals surface area contributed by atoms with Crippen molar-refractivity contribution >= 4 is 17.4 Å². The number of rotatable bonds is 1. The maximum atomic E-state index is 14.2. The second kappa shape index (κ2) is 6.67. The smallest absolute Gasteiger partial charge is 0.410 e. The minimum Gasteiger partial charge on any atom is -0.487 e. The third-order valence-electron chi connectivity index (χ3n) is 3.76. The van der Waals surface area contributed by atoms with E-state index in [0.29, 0.717) is 24.4 Å². The fourth-order valence-electron chi connectivity index (χ4n) is 2.74. The Balaban J connectivity index is 1.92. The molecule has 1 atom stereocenters. The molecule has 2 heterocycles. The van der Waals surface area contributed by atoms with E-state index < -0.39 is 5.60 Å². The molecule has 2 aromatic rings. The highest BCUT2D eigenvalue weighted by Gasteiger charge is 2.30. The van der Waals surface area contributed by atoms with Gasteiger partial charge in [-0.15, -0.1) is 11.3 Å². The van der Waals surface area contributed by atoms with Gasteiger partial charge in [0.1, 0.15) is 23.3 Å². The number of benzene rings is 1. The summed E-state index contributed by atoms with van der Waals surface area (Å²) in [7, 11) is 0. The van der Waals surface area contributed by atoms with E-state index in [1.807, 2.05) is 33.1 Å². The Labute approximate surface area is 151 Å². The van der Waals surface area contributed by atoms with Gasteiger partial charge in [0.25, 0.3) is 0 Å². The molecule has 0 unspecified atom stereocenters. The number of ether oxygens (including phenoxy) is 2. The molecule has 0 fully saturated rings. The number of amides is 1. The summed E-state index contributed by atoms with van der Waals surface area (Å²) in [6, 6.07) is 6.64. The number of carbonyl (C=O) groups is 1. The number of carbonyl (C=O) groups excluding carboxylic acids is 1. The normalized spacial score (nSPS) is 17.5. The maximum absolute atomic E-state index is 14.2. The first-order valence-corrected chi connectivity index (χ1v) is 9.12. The van der Waals surface area contributed by atoms with Crippen LogP contribution in [0.5, 0.6) is 5.75 Å². The van der Waals surface area contributed by atoms with Crippen molar-refractivity contribution in [3.8, 4) is 16.9 Å². The molecule has 0 saturated heterocycles. The van der Waals surface area contributed by atoms with E-state index in [1.54, 1.807) is 23.1 Å². The first-order chi connectivity index (χ1) is 11.7.